The Morgan fingerprint density at radius 3 is 2.48 bits per heavy atom. The molecule has 2 aromatic heterocycles. The van der Waals surface area contributed by atoms with Gasteiger partial charge >= 0.3 is 0 Å². The number of hydrogen-bond acceptors (Lipinski definition) is 6. The van der Waals surface area contributed by atoms with Gasteiger partial charge in [0.05, 0.1) is 10.9 Å². The van der Waals surface area contributed by atoms with Crippen molar-refractivity contribution in [2.45, 2.75) is 13.8 Å². The van der Waals surface area contributed by atoms with Gasteiger partial charge in [-0.15, -0.1) is 11.3 Å². The molecule has 7 heteroatoms. The fourth-order valence-electron chi connectivity index (χ4n) is 2.14. The third-order valence-electron chi connectivity index (χ3n) is 3.39. The number of aryl methyl sites for hydroxylation is 2. The molecule has 1 aromatic carbocycles. The Labute approximate surface area is 123 Å². The second kappa shape index (κ2) is 4.49. The van der Waals surface area contributed by atoms with Crippen LogP contribution in [0.1, 0.15) is 10.4 Å². The molecule has 2 heterocycles. The van der Waals surface area contributed by atoms with Gasteiger partial charge in [-0.05, 0) is 25.5 Å². The van der Waals surface area contributed by atoms with Crippen LogP contribution in [0, 0.1) is 13.8 Å². The molecule has 0 bridgehead atoms. The lowest BCUT2D eigenvalue weighted by molar-refractivity contribution is 0.397. The van der Waals surface area contributed by atoms with Crippen molar-refractivity contribution in [3.63, 3.8) is 0 Å². The SMILES string of the molecule is Cc1sc2nc(-c3cc(O)c(O)cc3O)[nH]c(=O)c2c1C. The predicted octanol–water partition coefficient (Wildman–Crippen LogP) is 2.39. The van der Waals surface area contributed by atoms with Crippen LogP contribution < -0.4 is 5.56 Å². The van der Waals surface area contributed by atoms with Crippen LogP contribution in [0.4, 0.5) is 0 Å². The number of thiophene rings is 1. The maximum absolute atomic E-state index is 12.2. The van der Waals surface area contributed by atoms with Crippen LogP contribution in [0.5, 0.6) is 17.2 Å². The second-order valence-electron chi connectivity index (χ2n) is 4.74. The van der Waals surface area contributed by atoms with Crippen LogP contribution in [0.3, 0.4) is 0 Å². The summed E-state index contributed by atoms with van der Waals surface area (Å²) in [6.45, 7) is 3.76. The molecular weight excluding hydrogens is 292 g/mol. The van der Waals surface area contributed by atoms with Crippen LogP contribution in [0.2, 0.25) is 0 Å². The number of hydrogen-bond donors (Lipinski definition) is 4. The zero-order chi connectivity index (χ0) is 15.3. The first kappa shape index (κ1) is 13.4. The van der Waals surface area contributed by atoms with Gasteiger partial charge in [-0.3, -0.25) is 4.79 Å². The van der Waals surface area contributed by atoms with Gasteiger partial charge in [0.1, 0.15) is 16.4 Å². The number of benzene rings is 1. The molecule has 0 aliphatic heterocycles. The smallest absolute Gasteiger partial charge is 0.260 e. The molecule has 3 aromatic rings. The summed E-state index contributed by atoms with van der Waals surface area (Å²) in [6, 6.07) is 2.15. The summed E-state index contributed by atoms with van der Waals surface area (Å²) in [6.07, 6.45) is 0. The number of aromatic nitrogens is 2. The van der Waals surface area contributed by atoms with Crippen LogP contribution in [-0.4, -0.2) is 25.3 Å². The first-order valence-electron chi connectivity index (χ1n) is 6.14. The van der Waals surface area contributed by atoms with Crippen molar-refractivity contribution in [3.05, 3.63) is 32.9 Å². The van der Waals surface area contributed by atoms with Crippen molar-refractivity contribution < 1.29 is 15.3 Å². The summed E-state index contributed by atoms with van der Waals surface area (Å²) in [7, 11) is 0. The number of nitrogens with zero attached hydrogens (tertiary/aromatic N) is 1. The molecule has 0 aliphatic carbocycles. The Morgan fingerprint density at radius 2 is 1.76 bits per heavy atom. The van der Waals surface area contributed by atoms with E-state index in [1.165, 1.54) is 11.3 Å². The average molecular weight is 304 g/mol. The van der Waals surface area contributed by atoms with Crippen LogP contribution in [-0.2, 0) is 0 Å². The Balaban J connectivity index is 2.32. The summed E-state index contributed by atoms with van der Waals surface area (Å²) in [5.74, 6) is -0.981. The van der Waals surface area contributed by atoms with Crippen molar-refractivity contribution in [1.29, 1.82) is 0 Å². The minimum absolute atomic E-state index is 0.140. The number of aromatic hydroxyl groups is 3. The third-order valence-corrected chi connectivity index (χ3v) is 4.49. The van der Waals surface area contributed by atoms with E-state index in [1.807, 2.05) is 13.8 Å². The topological polar surface area (TPSA) is 106 Å². The lowest BCUT2D eigenvalue weighted by Crippen LogP contribution is -2.09. The monoisotopic (exact) mass is 304 g/mol. The zero-order valence-corrected chi connectivity index (χ0v) is 12.1. The second-order valence-corrected chi connectivity index (χ2v) is 5.94. The van der Waals surface area contributed by atoms with E-state index in [0.717, 1.165) is 22.6 Å². The van der Waals surface area contributed by atoms with Crippen molar-refractivity contribution in [1.82, 2.24) is 9.97 Å². The molecule has 0 radical (unpaired) electrons. The number of fused-ring (bicyclic) bond motifs is 1. The minimum Gasteiger partial charge on any atom is -0.507 e. The van der Waals surface area contributed by atoms with Crippen molar-refractivity contribution in [2.24, 2.45) is 0 Å². The normalized spacial score (nSPS) is 11.1. The summed E-state index contributed by atoms with van der Waals surface area (Å²) in [5, 5.41) is 29.3. The standard InChI is InChI=1S/C14H12N2O4S/c1-5-6(2)21-14-11(5)13(20)15-12(16-14)7-3-9(18)10(19)4-8(7)17/h3-4,17-19H,1-2H3,(H,15,16,20). The quantitative estimate of drug-likeness (QED) is 0.408. The van der Waals surface area contributed by atoms with Crippen molar-refractivity contribution >= 4 is 21.6 Å². The van der Waals surface area contributed by atoms with Gasteiger partial charge in [0.15, 0.2) is 11.5 Å². The van der Waals surface area contributed by atoms with Crippen LogP contribution in [0.15, 0.2) is 16.9 Å². The number of phenols is 3. The molecule has 0 saturated carbocycles. The van der Waals surface area contributed by atoms with Gasteiger partial charge < -0.3 is 20.3 Å². The molecule has 0 saturated heterocycles. The average Bonchev–Trinajstić information content (AvgIpc) is 2.69. The van der Waals surface area contributed by atoms with Gasteiger partial charge in [-0.25, -0.2) is 4.98 Å². The number of H-pyrrole nitrogens is 1. The first-order chi connectivity index (χ1) is 9.88. The van der Waals surface area contributed by atoms with E-state index in [2.05, 4.69) is 9.97 Å². The van der Waals surface area contributed by atoms with E-state index in [0.29, 0.717) is 10.2 Å². The van der Waals surface area contributed by atoms with E-state index < -0.39 is 11.5 Å². The van der Waals surface area contributed by atoms with Gasteiger partial charge in [0.2, 0.25) is 0 Å². The molecule has 6 nitrogen and oxygen atoms in total. The van der Waals surface area contributed by atoms with Gasteiger partial charge in [-0.1, -0.05) is 0 Å². The molecule has 108 valence electrons. The van der Waals surface area contributed by atoms with Gasteiger partial charge in [-0.2, -0.15) is 0 Å². The molecule has 3 rings (SSSR count). The highest BCUT2D eigenvalue weighted by atomic mass is 32.1. The van der Waals surface area contributed by atoms with Gasteiger partial charge in [0, 0.05) is 10.9 Å². The van der Waals surface area contributed by atoms with E-state index in [-0.39, 0.29) is 22.7 Å². The molecule has 0 spiro atoms. The number of phenolic OH excluding ortho intramolecular Hbond substituents is 3. The lowest BCUT2D eigenvalue weighted by Gasteiger charge is -2.06. The van der Waals surface area contributed by atoms with Crippen LogP contribution >= 0.6 is 11.3 Å². The number of nitrogens with one attached hydrogen (secondary N) is 1. The molecule has 4 N–H and O–H groups in total. The Kier molecular flexibility index (Phi) is 2.87. The predicted molar refractivity (Wildman–Crippen MR) is 80.1 cm³/mol. The summed E-state index contributed by atoms with van der Waals surface area (Å²) in [4.78, 5) is 20.7. The highest BCUT2D eigenvalue weighted by Crippen LogP contribution is 2.37. The maximum atomic E-state index is 12.2. The third kappa shape index (κ3) is 2.02. The van der Waals surface area contributed by atoms with E-state index in [9.17, 15) is 20.1 Å². The maximum Gasteiger partial charge on any atom is 0.260 e. The Morgan fingerprint density at radius 1 is 1.10 bits per heavy atom. The van der Waals surface area contributed by atoms with Crippen molar-refractivity contribution in [3.8, 4) is 28.6 Å². The fourth-order valence-corrected chi connectivity index (χ4v) is 3.17. The van der Waals surface area contributed by atoms with E-state index in [1.54, 1.807) is 0 Å². The molecule has 0 unspecified atom stereocenters. The molecular formula is C14H12N2O4S. The molecule has 0 amide bonds. The fraction of sp³-hybridized carbons (Fsp3) is 0.143. The molecule has 0 atom stereocenters. The van der Waals surface area contributed by atoms with E-state index in [4.69, 9.17) is 0 Å². The summed E-state index contributed by atoms with van der Waals surface area (Å²) in [5.41, 5.74) is 0.727. The lowest BCUT2D eigenvalue weighted by atomic mass is 10.1. The summed E-state index contributed by atoms with van der Waals surface area (Å²) >= 11 is 1.39. The number of aromatic amines is 1. The van der Waals surface area contributed by atoms with Gasteiger partial charge in [0.25, 0.3) is 5.56 Å². The summed E-state index contributed by atoms with van der Waals surface area (Å²) < 4.78 is 0. The Bertz CT molecular complexity index is 927. The number of rotatable bonds is 1. The Hall–Kier alpha value is -2.54. The van der Waals surface area contributed by atoms with Crippen LogP contribution in [0.25, 0.3) is 21.6 Å². The van der Waals surface area contributed by atoms with E-state index >= 15 is 0 Å². The molecule has 0 fully saturated rings. The molecule has 0 aliphatic rings. The minimum atomic E-state index is -0.442. The zero-order valence-electron chi connectivity index (χ0n) is 11.3. The first-order valence-corrected chi connectivity index (χ1v) is 6.95. The highest BCUT2D eigenvalue weighted by Gasteiger charge is 2.16. The highest BCUT2D eigenvalue weighted by molar-refractivity contribution is 7.18. The largest absolute Gasteiger partial charge is 0.507 e. The molecule has 21 heavy (non-hydrogen) atoms. The van der Waals surface area contributed by atoms with Crippen molar-refractivity contribution in [2.75, 3.05) is 0 Å².